The van der Waals surface area contributed by atoms with E-state index in [-0.39, 0.29) is 24.2 Å². The molecule has 1 aliphatic heterocycles. The van der Waals surface area contributed by atoms with Crippen molar-refractivity contribution in [2.75, 3.05) is 51.3 Å². The van der Waals surface area contributed by atoms with E-state index in [9.17, 15) is 49.1 Å². The minimum atomic E-state index is -4.99. The van der Waals surface area contributed by atoms with E-state index in [2.05, 4.69) is 33.0 Å². The van der Waals surface area contributed by atoms with Gasteiger partial charge in [0.05, 0.1) is 30.9 Å². The topological polar surface area (TPSA) is 118 Å². The molecule has 400 valence electrons. The van der Waals surface area contributed by atoms with Crippen LogP contribution in [0.15, 0.2) is 133 Å². The maximum absolute atomic E-state index is 13.3. The Kier molecular flexibility index (Phi) is 20.4. The normalized spacial score (nSPS) is 21.8. The van der Waals surface area contributed by atoms with Crippen molar-refractivity contribution in [2.45, 2.75) is 106 Å². The molecule has 0 radical (unpaired) electrons. The van der Waals surface area contributed by atoms with E-state index in [0.717, 1.165) is 93.9 Å². The number of benzene rings is 4. The number of alkyl halides is 6. The predicted molar refractivity (Wildman–Crippen MR) is 267 cm³/mol. The van der Waals surface area contributed by atoms with Crippen LogP contribution in [-0.2, 0) is 33.6 Å². The number of nitrogens with zero attached hydrogens (tertiary/aromatic N) is 1. The lowest BCUT2D eigenvalue weighted by molar-refractivity contribution is -0.175. The molecule has 74 heavy (non-hydrogen) atoms. The molecule has 18 heteroatoms. The smallest absolute Gasteiger partial charge is 0.471 e. The summed E-state index contributed by atoms with van der Waals surface area (Å²) in [6.45, 7) is 5.39. The molecule has 4 aliphatic rings. The number of allylic oxidation sites excluding steroid dienone is 2. The molecule has 3 atom stereocenters. The fourth-order valence-corrected chi connectivity index (χ4v) is 9.38. The first-order chi connectivity index (χ1) is 35.2. The van der Waals surface area contributed by atoms with Gasteiger partial charge in [0.15, 0.2) is 0 Å². The maximum Gasteiger partial charge on any atom is 0.471 e. The molecule has 0 aromatic heterocycles. The quantitative estimate of drug-likeness (QED) is 0.0502. The largest absolute Gasteiger partial charge is 0.493 e. The second-order valence-corrected chi connectivity index (χ2v) is 19.3. The molecular weight excluding hydrogens is 978 g/mol. The molecule has 3 unspecified atom stereocenters. The summed E-state index contributed by atoms with van der Waals surface area (Å²) in [6, 6.07) is 25.2. The van der Waals surface area contributed by atoms with Gasteiger partial charge in [0.1, 0.15) is 23.2 Å². The molecule has 0 bridgehead atoms. The van der Waals surface area contributed by atoms with Gasteiger partial charge in [-0.3, -0.25) is 14.5 Å². The number of hydrogen-bond donors (Lipinski definition) is 4. The van der Waals surface area contributed by atoms with Crippen LogP contribution in [0.25, 0.3) is 0 Å². The van der Waals surface area contributed by atoms with E-state index < -0.39 is 46.9 Å². The summed E-state index contributed by atoms with van der Waals surface area (Å²) in [6.07, 6.45) is 7.46. The maximum atomic E-state index is 13.3. The van der Waals surface area contributed by atoms with Gasteiger partial charge in [-0.1, -0.05) is 78.4 Å². The molecule has 3 aliphatic carbocycles. The van der Waals surface area contributed by atoms with E-state index in [1.807, 2.05) is 36.4 Å². The van der Waals surface area contributed by atoms with Crippen LogP contribution in [0.5, 0.6) is 5.75 Å². The Morgan fingerprint density at radius 3 is 1.72 bits per heavy atom. The molecule has 5 N–H and O–H groups in total. The highest BCUT2D eigenvalue weighted by molar-refractivity contribution is 5.83. The fourth-order valence-electron chi connectivity index (χ4n) is 9.38. The monoisotopic (exact) mass is 1040 g/mol. The summed E-state index contributed by atoms with van der Waals surface area (Å²) in [5.74, 6) is -4.23. The second-order valence-electron chi connectivity index (χ2n) is 19.3. The highest BCUT2D eigenvalue weighted by Crippen LogP contribution is 2.34. The predicted octanol–water partition coefficient (Wildman–Crippen LogP) is 11.1. The Balaban J connectivity index is 0.000000206. The van der Waals surface area contributed by atoms with Crippen molar-refractivity contribution in [1.29, 1.82) is 0 Å². The van der Waals surface area contributed by atoms with Crippen molar-refractivity contribution in [3.05, 3.63) is 167 Å². The van der Waals surface area contributed by atoms with Gasteiger partial charge < -0.3 is 31.2 Å². The Hall–Kier alpha value is -6.11. The van der Waals surface area contributed by atoms with Gasteiger partial charge >= 0.3 is 24.2 Å². The number of nitrogens with two attached hydrogens (primary N) is 1. The van der Waals surface area contributed by atoms with E-state index in [1.165, 1.54) is 60.7 Å². The number of anilines is 1. The number of morpholine rings is 1. The lowest BCUT2D eigenvalue weighted by Gasteiger charge is -2.34. The van der Waals surface area contributed by atoms with Crippen molar-refractivity contribution in [1.82, 2.24) is 15.5 Å². The number of hydrogen-bond acceptors (Lipinski definition) is 7. The Labute approximate surface area is 426 Å². The van der Waals surface area contributed by atoms with Crippen LogP contribution >= 0.6 is 0 Å². The Bertz CT molecular complexity index is 2510. The molecule has 2 amide bonds. The summed E-state index contributed by atoms with van der Waals surface area (Å²) in [4.78, 5) is 25.4. The van der Waals surface area contributed by atoms with Crippen LogP contribution < -0.4 is 26.4 Å². The minimum absolute atomic E-state index is 0.131. The van der Waals surface area contributed by atoms with Crippen molar-refractivity contribution in [3.63, 3.8) is 0 Å². The number of amides is 2. The molecule has 9 nitrogen and oxygen atoms in total. The van der Waals surface area contributed by atoms with Crippen LogP contribution in [-0.4, -0.2) is 91.7 Å². The molecule has 1 fully saturated rings. The number of carbonyl (C=O) groups is 2. The van der Waals surface area contributed by atoms with E-state index in [1.54, 1.807) is 18.2 Å². The standard InChI is InChI=1S/C28H33F4N3O3.C15H15F4NO.C13H16FN/c29-23-7-5-21(6-8-23)18-27(34-26(36)28(30,31)32)10-9-22(19-27)20-33-24-3-1-4-25(17-24)38-14-2-11-35-12-15-37-16-13-35;16-12-6-4-11(5-7-12)10-14(8-2-1-3-9-14)20-13(21)15(17,18)19;14-12-6-4-11(5-7-12)10-13(15)8-2-1-3-9-13/h1,3-8,17,19,33H,2,9-16,18,20H2,(H,34,36);2,4-8H,1,3,9-10H2,(H,20,21);2,4-8H,1,3,9-10,15H2. The van der Waals surface area contributed by atoms with Crippen molar-refractivity contribution >= 4 is 17.5 Å². The third-order valence-electron chi connectivity index (χ3n) is 13.2. The summed E-state index contributed by atoms with van der Waals surface area (Å²) >= 11 is 0. The highest BCUT2D eigenvalue weighted by atomic mass is 19.4. The molecule has 4 aromatic carbocycles. The first-order valence-electron chi connectivity index (χ1n) is 24.8. The highest BCUT2D eigenvalue weighted by Gasteiger charge is 2.45. The summed E-state index contributed by atoms with van der Waals surface area (Å²) in [5, 5.41) is 7.59. The zero-order valence-corrected chi connectivity index (χ0v) is 41.1. The second kappa shape index (κ2) is 26.4. The van der Waals surface area contributed by atoms with Crippen molar-refractivity contribution < 1.29 is 58.6 Å². The average molecular weight is 1040 g/mol. The summed E-state index contributed by atoms with van der Waals surface area (Å²) in [7, 11) is 0. The SMILES string of the molecule is NC1(Cc2ccc(F)cc2)C=CCCC1.O=C(NC1(Cc2ccc(F)cc2)C=C(CNc2cccc(OCCCN3CCOCC3)c2)CC1)C(F)(F)F.O=C(NC1(Cc2ccc(F)cc2)C=CCCC1)C(F)(F)F. The van der Waals surface area contributed by atoms with E-state index in [4.69, 9.17) is 15.2 Å². The van der Waals surface area contributed by atoms with Crippen LogP contribution in [0.1, 0.15) is 74.5 Å². The average Bonchev–Trinajstić information content (AvgIpc) is 3.77. The van der Waals surface area contributed by atoms with E-state index in [0.29, 0.717) is 50.0 Å². The fraction of sp³-hybridized carbons (Fsp3) is 0.429. The van der Waals surface area contributed by atoms with E-state index >= 15 is 0 Å². The zero-order chi connectivity index (χ0) is 53.2. The third-order valence-corrected chi connectivity index (χ3v) is 13.2. The molecule has 4 aromatic rings. The summed E-state index contributed by atoms with van der Waals surface area (Å²) < 4.78 is 127. The van der Waals surface area contributed by atoms with Crippen molar-refractivity contribution in [3.8, 4) is 5.75 Å². The van der Waals surface area contributed by atoms with Gasteiger partial charge in [0.25, 0.3) is 0 Å². The molecule has 8 rings (SSSR count). The van der Waals surface area contributed by atoms with Gasteiger partial charge in [-0.25, -0.2) is 13.2 Å². The zero-order valence-electron chi connectivity index (χ0n) is 41.1. The molecular formula is C56H64F9N5O4. The van der Waals surface area contributed by atoms with Crippen LogP contribution in [0, 0.1) is 17.5 Å². The number of nitrogens with one attached hydrogen (secondary N) is 3. The molecule has 1 saturated heterocycles. The molecule has 0 spiro atoms. The number of rotatable bonds is 16. The lowest BCUT2D eigenvalue weighted by atomic mass is 9.82. The van der Waals surface area contributed by atoms with Gasteiger partial charge in [0, 0.05) is 43.5 Å². The Morgan fingerprint density at radius 2 is 1.19 bits per heavy atom. The summed E-state index contributed by atoms with van der Waals surface area (Å²) in [5.41, 5.74) is 7.87. The number of carbonyl (C=O) groups excluding carboxylic acids is 2. The minimum Gasteiger partial charge on any atom is -0.493 e. The number of ether oxygens (including phenoxy) is 2. The van der Waals surface area contributed by atoms with Crippen LogP contribution in [0.2, 0.25) is 0 Å². The lowest BCUT2D eigenvalue weighted by Crippen LogP contribution is -2.53. The third kappa shape index (κ3) is 18.7. The molecule has 0 saturated carbocycles. The first-order valence-corrected chi connectivity index (χ1v) is 24.8. The van der Waals surface area contributed by atoms with Crippen LogP contribution in [0.4, 0.5) is 45.2 Å². The first kappa shape index (κ1) is 57.2. The van der Waals surface area contributed by atoms with Gasteiger partial charge in [-0.2, -0.15) is 26.3 Å². The molecule has 1 heterocycles. The van der Waals surface area contributed by atoms with Gasteiger partial charge in [-0.15, -0.1) is 0 Å². The van der Waals surface area contributed by atoms with Gasteiger partial charge in [-0.05, 0) is 142 Å². The Morgan fingerprint density at radius 1 is 0.662 bits per heavy atom. The van der Waals surface area contributed by atoms with Crippen molar-refractivity contribution in [2.24, 2.45) is 5.73 Å². The van der Waals surface area contributed by atoms with Gasteiger partial charge in [0.2, 0.25) is 0 Å². The van der Waals surface area contributed by atoms with Crippen LogP contribution in [0.3, 0.4) is 0 Å². The number of halogens is 9.